The van der Waals surface area contributed by atoms with E-state index in [9.17, 15) is 0 Å². The first-order valence-electron chi connectivity index (χ1n) is 6.42. The van der Waals surface area contributed by atoms with E-state index in [0.29, 0.717) is 0 Å². The second-order valence-electron chi connectivity index (χ2n) is 5.46. The second kappa shape index (κ2) is 6.61. The number of halogens is 1. The molecule has 92 valence electrons. The van der Waals surface area contributed by atoms with Crippen LogP contribution in [0.3, 0.4) is 0 Å². The first-order valence-corrected chi connectivity index (χ1v) is 7.21. The Hall–Kier alpha value is -0.0800. The van der Waals surface area contributed by atoms with Crippen molar-refractivity contribution in [3.8, 4) is 0 Å². The Balaban J connectivity index is 2.22. The van der Waals surface area contributed by atoms with Crippen LogP contribution in [0.1, 0.15) is 39.5 Å². The van der Waals surface area contributed by atoms with Gasteiger partial charge >= 0.3 is 0 Å². The Labute approximate surface area is 109 Å². The minimum Gasteiger partial charge on any atom is -0.284 e. The number of nitrogens with zero attached hydrogens (tertiary/aromatic N) is 1. The molecule has 0 amide bonds. The molecule has 0 N–H and O–H groups in total. The summed E-state index contributed by atoms with van der Waals surface area (Å²) in [5.74, 6) is 0.856. The Morgan fingerprint density at radius 1 is 1.31 bits per heavy atom. The highest BCUT2D eigenvalue weighted by molar-refractivity contribution is 9.11. The minimum atomic E-state index is 0.856. The van der Waals surface area contributed by atoms with Gasteiger partial charge in [0.05, 0.1) is 13.6 Å². The standard InChI is InChI=1S/C14H25BrN/c1-13(2)9-5-4-7-11-16(3)12-8-6-10-14(16)15/h6,8,10,13H,4-5,7,9,11-12H2,1-3H3/q+1. The zero-order chi connectivity index (χ0) is 12.0. The molecule has 0 fully saturated rings. The van der Waals surface area contributed by atoms with E-state index in [1.807, 2.05) is 0 Å². The Morgan fingerprint density at radius 2 is 2.06 bits per heavy atom. The van der Waals surface area contributed by atoms with Crippen LogP contribution < -0.4 is 0 Å². The molecule has 1 atom stereocenters. The molecular formula is C14H25BrN+. The lowest BCUT2D eigenvalue weighted by Crippen LogP contribution is -2.43. The summed E-state index contributed by atoms with van der Waals surface area (Å²) in [5, 5.41) is 0. The predicted molar refractivity (Wildman–Crippen MR) is 75.4 cm³/mol. The van der Waals surface area contributed by atoms with Crippen LogP contribution in [0.4, 0.5) is 0 Å². The molecular weight excluding hydrogens is 262 g/mol. The minimum absolute atomic E-state index is 0.856. The molecule has 1 aliphatic rings. The zero-order valence-electron chi connectivity index (χ0n) is 10.9. The third-order valence-electron chi connectivity index (χ3n) is 3.33. The fourth-order valence-corrected chi connectivity index (χ4v) is 2.57. The number of hydrogen-bond acceptors (Lipinski definition) is 0. The molecule has 0 aromatic heterocycles. The van der Waals surface area contributed by atoms with Crippen LogP contribution in [0.2, 0.25) is 0 Å². The van der Waals surface area contributed by atoms with Crippen molar-refractivity contribution in [2.75, 3.05) is 20.1 Å². The molecule has 1 rings (SSSR count). The molecule has 0 aromatic rings. The third-order valence-corrected chi connectivity index (χ3v) is 4.45. The number of likely N-dealkylation sites (N-methyl/N-ethyl adjacent to an activating group) is 1. The molecule has 1 unspecified atom stereocenters. The van der Waals surface area contributed by atoms with Crippen LogP contribution in [0.15, 0.2) is 22.8 Å². The van der Waals surface area contributed by atoms with Gasteiger partial charge in [0.2, 0.25) is 0 Å². The van der Waals surface area contributed by atoms with E-state index in [2.05, 4.69) is 55.1 Å². The van der Waals surface area contributed by atoms with Crippen molar-refractivity contribution in [2.45, 2.75) is 39.5 Å². The predicted octanol–water partition coefficient (Wildman–Crippen LogP) is 4.46. The van der Waals surface area contributed by atoms with Gasteiger partial charge in [-0.1, -0.05) is 32.8 Å². The summed E-state index contributed by atoms with van der Waals surface area (Å²) in [7, 11) is 2.31. The van der Waals surface area contributed by atoms with Gasteiger partial charge in [0.15, 0.2) is 4.61 Å². The molecule has 0 radical (unpaired) electrons. The lowest BCUT2D eigenvalue weighted by atomic mass is 10.1. The van der Waals surface area contributed by atoms with Crippen LogP contribution in [0.5, 0.6) is 0 Å². The third kappa shape index (κ3) is 4.42. The maximum atomic E-state index is 3.69. The van der Waals surface area contributed by atoms with E-state index in [1.165, 1.54) is 36.8 Å². The van der Waals surface area contributed by atoms with Gasteiger partial charge in [-0.2, -0.15) is 0 Å². The van der Waals surface area contributed by atoms with Crippen molar-refractivity contribution in [3.63, 3.8) is 0 Å². The fraction of sp³-hybridized carbons (Fsp3) is 0.714. The van der Waals surface area contributed by atoms with Gasteiger partial charge in [0.1, 0.15) is 6.54 Å². The van der Waals surface area contributed by atoms with Crippen molar-refractivity contribution in [1.29, 1.82) is 0 Å². The van der Waals surface area contributed by atoms with Crippen molar-refractivity contribution in [3.05, 3.63) is 22.8 Å². The Morgan fingerprint density at radius 3 is 2.69 bits per heavy atom. The van der Waals surface area contributed by atoms with Crippen LogP contribution in [-0.2, 0) is 0 Å². The van der Waals surface area contributed by atoms with Gasteiger partial charge in [-0.05, 0) is 24.8 Å². The first-order chi connectivity index (χ1) is 7.54. The molecule has 16 heavy (non-hydrogen) atoms. The summed E-state index contributed by atoms with van der Waals surface area (Å²) in [6.07, 6.45) is 12.0. The normalized spacial score (nSPS) is 24.9. The highest BCUT2D eigenvalue weighted by Crippen LogP contribution is 2.25. The fourth-order valence-electron chi connectivity index (χ4n) is 2.10. The quantitative estimate of drug-likeness (QED) is 0.384. The van der Waals surface area contributed by atoms with Gasteiger partial charge in [-0.25, -0.2) is 0 Å². The smallest absolute Gasteiger partial charge is 0.175 e. The summed E-state index contributed by atoms with van der Waals surface area (Å²) < 4.78 is 2.36. The van der Waals surface area contributed by atoms with Crippen molar-refractivity contribution in [1.82, 2.24) is 0 Å². The van der Waals surface area contributed by atoms with Crippen LogP contribution in [-0.4, -0.2) is 24.6 Å². The largest absolute Gasteiger partial charge is 0.284 e. The van der Waals surface area contributed by atoms with Crippen LogP contribution >= 0.6 is 15.9 Å². The molecule has 1 heterocycles. The van der Waals surface area contributed by atoms with E-state index in [0.717, 1.165) is 16.9 Å². The van der Waals surface area contributed by atoms with Gasteiger partial charge < -0.3 is 0 Å². The summed E-state index contributed by atoms with van der Waals surface area (Å²) in [4.78, 5) is 0. The van der Waals surface area contributed by atoms with E-state index < -0.39 is 0 Å². The molecule has 0 saturated carbocycles. The highest BCUT2D eigenvalue weighted by Gasteiger charge is 2.25. The molecule has 0 aromatic carbocycles. The Bertz CT molecular complexity index is 268. The molecule has 2 heteroatoms. The average Bonchev–Trinajstić information content (AvgIpc) is 2.22. The monoisotopic (exact) mass is 286 g/mol. The van der Waals surface area contributed by atoms with Crippen molar-refractivity contribution < 1.29 is 4.48 Å². The van der Waals surface area contributed by atoms with E-state index >= 15 is 0 Å². The summed E-state index contributed by atoms with van der Waals surface area (Å²) in [6.45, 7) is 6.99. The van der Waals surface area contributed by atoms with Crippen molar-refractivity contribution in [2.24, 2.45) is 5.92 Å². The van der Waals surface area contributed by atoms with Crippen LogP contribution in [0.25, 0.3) is 0 Å². The summed E-state index contributed by atoms with van der Waals surface area (Å²) in [5.41, 5.74) is 0. The van der Waals surface area contributed by atoms with E-state index in [-0.39, 0.29) is 0 Å². The highest BCUT2D eigenvalue weighted by atomic mass is 79.9. The van der Waals surface area contributed by atoms with E-state index in [1.54, 1.807) is 0 Å². The molecule has 0 bridgehead atoms. The number of rotatable bonds is 6. The lowest BCUT2D eigenvalue weighted by molar-refractivity contribution is -0.858. The molecule has 0 spiro atoms. The lowest BCUT2D eigenvalue weighted by Gasteiger charge is -2.34. The number of allylic oxidation sites excluding steroid dienone is 2. The Kier molecular flexibility index (Phi) is 5.77. The van der Waals surface area contributed by atoms with Gasteiger partial charge in [0.25, 0.3) is 0 Å². The van der Waals surface area contributed by atoms with Gasteiger partial charge in [-0.15, -0.1) is 0 Å². The first kappa shape index (κ1) is 14.0. The van der Waals surface area contributed by atoms with Gasteiger partial charge in [0, 0.05) is 22.0 Å². The number of quaternary nitrogens is 1. The SMILES string of the molecule is CC(C)CCCCC[N+]1(C)CC=CC=C1Br. The topological polar surface area (TPSA) is 0 Å². The van der Waals surface area contributed by atoms with Crippen molar-refractivity contribution >= 4 is 15.9 Å². The van der Waals surface area contributed by atoms with Crippen LogP contribution in [0, 0.1) is 5.92 Å². The summed E-state index contributed by atoms with van der Waals surface area (Å²) >= 11 is 3.69. The number of hydrogen-bond donors (Lipinski definition) is 0. The maximum absolute atomic E-state index is 3.69. The summed E-state index contributed by atoms with van der Waals surface area (Å²) in [6, 6.07) is 0. The number of unbranched alkanes of at least 4 members (excludes halogenated alkanes) is 2. The van der Waals surface area contributed by atoms with Gasteiger partial charge in [-0.3, -0.25) is 4.48 Å². The van der Waals surface area contributed by atoms with E-state index in [4.69, 9.17) is 0 Å². The molecule has 1 nitrogen and oxygen atoms in total. The maximum Gasteiger partial charge on any atom is 0.175 e. The average molecular weight is 287 g/mol. The molecule has 1 aliphatic heterocycles. The molecule has 0 saturated heterocycles. The zero-order valence-corrected chi connectivity index (χ0v) is 12.5. The second-order valence-corrected chi connectivity index (χ2v) is 6.28. The molecule has 0 aliphatic carbocycles.